The van der Waals surface area contributed by atoms with Crippen molar-refractivity contribution in [3.05, 3.63) is 42.5 Å². The van der Waals surface area contributed by atoms with Crippen molar-refractivity contribution in [3.63, 3.8) is 0 Å². The predicted molar refractivity (Wildman–Crippen MR) is 54.9 cm³/mol. The molecule has 0 bridgehead atoms. The largest absolute Gasteiger partial charge is 0.292 e. The number of hydrogen-bond acceptors (Lipinski definition) is 3. The highest BCUT2D eigenvalue weighted by atomic mass is 15.4. The van der Waals surface area contributed by atoms with Crippen molar-refractivity contribution in [3.8, 4) is 0 Å². The van der Waals surface area contributed by atoms with E-state index in [0.717, 1.165) is 17.1 Å². The van der Waals surface area contributed by atoms with Gasteiger partial charge < -0.3 is 0 Å². The van der Waals surface area contributed by atoms with E-state index in [9.17, 15) is 0 Å². The first-order valence-electron chi connectivity index (χ1n) is 4.36. The standard InChI is InChI=1S/C10H8N4/c1-2-8-6-12-10-7-11-4-3-9(10)13-14(8)5-1/h1-7,13H. The summed E-state index contributed by atoms with van der Waals surface area (Å²) in [6, 6.07) is 5.87. The van der Waals surface area contributed by atoms with Crippen LogP contribution in [-0.4, -0.2) is 15.9 Å². The maximum atomic E-state index is 4.33. The second-order valence-corrected chi connectivity index (χ2v) is 3.07. The lowest BCUT2D eigenvalue weighted by Gasteiger charge is -2.08. The van der Waals surface area contributed by atoms with Crippen LogP contribution in [0.1, 0.15) is 5.69 Å². The van der Waals surface area contributed by atoms with Crippen LogP contribution in [-0.2, 0) is 0 Å². The molecule has 0 saturated heterocycles. The zero-order chi connectivity index (χ0) is 9.38. The lowest BCUT2D eigenvalue weighted by Crippen LogP contribution is -2.09. The number of aromatic nitrogens is 2. The average molecular weight is 184 g/mol. The average Bonchev–Trinajstić information content (AvgIpc) is 2.58. The van der Waals surface area contributed by atoms with Gasteiger partial charge in [0.05, 0.1) is 23.8 Å². The third kappa shape index (κ3) is 1.01. The molecule has 0 fully saturated rings. The maximum absolute atomic E-state index is 4.33. The molecule has 0 aromatic carbocycles. The number of aliphatic imine (C=N–C) groups is 1. The fraction of sp³-hybridized carbons (Fsp3) is 0. The van der Waals surface area contributed by atoms with Gasteiger partial charge in [-0.25, -0.2) is 0 Å². The number of anilines is 1. The molecule has 3 rings (SSSR count). The molecule has 1 aliphatic heterocycles. The molecule has 0 aliphatic carbocycles. The topological polar surface area (TPSA) is 42.2 Å². The van der Waals surface area contributed by atoms with Crippen LogP contribution in [0.2, 0.25) is 0 Å². The summed E-state index contributed by atoms with van der Waals surface area (Å²) in [7, 11) is 0. The zero-order valence-corrected chi connectivity index (χ0v) is 7.38. The predicted octanol–water partition coefficient (Wildman–Crippen LogP) is 1.82. The third-order valence-electron chi connectivity index (χ3n) is 2.16. The summed E-state index contributed by atoms with van der Waals surface area (Å²) >= 11 is 0. The van der Waals surface area contributed by atoms with Gasteiger partial charge in [0.15, 0.2) is 0 Å². The highest BCUT2D eigenvalue weighted by Crippen LogP contribution is 2.25. The Morgan fingerprint density at radius 2 is 2.29 bits per heavy atom. The minimum atomic E-state index is 0.858. The molecule has 4 heteroatoms. The zero-order valence-electron chi connectivity index (χ0n) is 7.38. The molecule has 0 atom stereocenters. The molecule has 0 amide bonds. The van der Waals surface area contributed by atoms with E-state index in [1.165, 1.54) is 0 Å². The smallest absolute Gasteiger partial charge is 0.106 e. The highest BCUT2D eigenvalue weighted by molar-refractivity contribution is 5.84. The van der Waals surface area contributed by atoms with Crippen molar-refractivity contribution >= 4 is 17.6 Å². The molecule has 68 valence electrons. The minimum absolute atomic E-state index is 0.858. The lowest BCUT2D eigenvalue weighted by atomic mass is 10.3. The van der Waals surface area contributed by atoms with E-state index in [1.807, 2.05) is 35.3 Å². The first-order chi connectivity index (χ1) is 6.93. The van der Waals surface area contributed by atoms with Gasteiger partial charge in [0.1, 0.15) is 5.69 Å². The fourth-order valence-electron chi connectivity index (χ4n) is 1.45. The van der Waals surface area contributed by atoms with Gasteiger partial charge in [-0.15, -0.1) is 0 Å². The van der Waals surface area contributed by atoms with Gasteiger partial charge >= 0.3 is 0 Å². The molecule has 0 saturated carbocycles. The van der Waals surface area contributed by atoms with Crippen LogP contribution in [0.15, 0.2) is 41.8 Å². The van der Waals surface area contributed by atoms with Crippen molar-refractivity contribution in [2.45, 2.75) is 0 Å². The van der Waals surface area contributed by atoms with Crippen LogP contribution in [0.25, 0.3) is 0 Å². The SMILES string of the molecule is C1=Nc2cnccc2Nn2cccc21. The molecule has 0 radical (unpaired) electrons. The normalized spacial score (nSPS) is 12.6. The van der Waals surface area contributed by atoms with E-state index >= 15 is 0 Å². The van der Waals surface area contributed by atoms with E-state index in [1.54, 1.807) is 12.4 Å². The van der Waals surface area contributed by atoms with Crippen LogP contribution >= 0.6 is 0 Å². The van der Waals surface area contributed by atoms with Crippen molar-refractivity contribution in [1.29, 1.82) is 0 Å². The Hall–Kier alpha value is -2.10. The van der Waals surface area contributed by atoms with Crippen LogP contribution < -0.4 is 5.43 Å². The van der Waals surface area contributed by atoms with Crippen LogP contribution in [0.3, 0.4) is 0 Å². The van der Waals surface area contributed by atoms with Crippen molar-refractivity contribution in [2.24, 2.45) is 4.99 Å². The van der Waals surface area contributed by atoms with Crippen molar-refractivity contribution in [1.82, 2.24) is 9.66 Å². The number of fused-ring (bicyclic) bond motifs is 2. The van der Waals surface area contributed by atoms with Gasteiger partial charge in [0, 0.05) is 12.4 Å². The van der Waals surface area contributed by atoms with Crippen LogP contribution in [0.4, 0.5) is 11.4 Å². The van der Waals surface area contributed by atoms with Gasteiger partial charge in [-0.1, -0.05) is 0 Å². The quantitative estimate of drug-likeness (QED) is 0.579. The summed E-state index contributed by atoms with van der Waals surface area (Å²) in [4.78, 5) is 8.35. The summed E-state index contributed by atoms with van der Waals surface area (Å²) in [6.45, 7) is 0. The summed E-state index contributed by atoms with van der Waals surface area (Å²) < 4.78 is 1.93. The Morgan fingerprint density at radius 1 is 1.29 bits per heavy atom. The summed E-state index contributed by atoms with van der Waals surface area (Å²) in [6.07, 6.45) is 7.26. The lowest BCUT2D eigenvalue weighted by molar-refractivity contribution is 0.965. The summed E-state index contributed by atoms with van der Waals surface area (Å²) in [5.74, 6) is 0. The van der Waals surface area contributed by atoms with Gasteiger partial charge in [-0.05, 0) is 18.2 Å². The van der Waals surface area contributed by atoms with Gasteiger partial charge in [0.2, 0.25) is 0 Å². The monoisotopic (exact) mass is 184 g/mol. The Labute approximate surface area is 80.9 Å². The molecule has 14 heavy (non-hydrogen) atoms. The fourth-order valence-corrected chi connectivity index (χ4v) is 1.45. The van der Waals surface area contributed by atoms with E-state index < -0.39 is 0 Å². The maximum Gasteiger partial charge on any atom is 0.106 e. The summed E-state index contributed by atoms with van der Waals surface area (Å²) in [5, 5.41) is 0. The number of hydrogen-bond donors (Lipinski definition) is 1. The van der Waals surface area contributed by atoms with Gasteiger partial charge in [-0.3, -0.25) is 20.1 Å². The Balaban J connectivity index is 2.19. The molecule has 0 spiro atoms. The van der Waals surface area contributed by atoms with Crippen molar-refractivity contribution in [2.75, 3.05) is 5.43 Å². The van der Waals surface area contributed by atoms with Gasteiger partial charge in [-0.2, -0.15) is 0 Å². The molecule has 4 nitrogen and oxygen atoms in total. The minimum Gasteiger partial charge on any atom is -0.292 e. The highest BCUT2D eigenvalue weighted by Gasteiger charge is 2.06. The van der Waals surface area contributed by atoms with E-state index in [-0.39, 0.29) is 0 Å². The molecule has 1 N–H and O–H groups in total. The first-order valence-corrected chi connectivity index (χ1v) is 4.36. The Bertz CT molecular complexity index is 498. The second-order valence-electron chi connectivity index (χ2n) is 3.07. The molecule has 3 heterocycles. The number of rotatable bonds is 0. The van der Waals surface area contributed by atoms with E-state index in [2.05, 4.69) is 15.4 Å². The molecule has 0 unspecified atom stereocenters. The third-order valence-corrected chi connectivity index (χ3v) is 2.16. The second kappa shape index (κ2) is 2.70. The summed E-state index contributed by atoms with van der Waals surface area (Å²) in [5.41, 5.74) is 6.09. The van der Waals surface area contributed by atoms with E-state index in [4.69, 9.17) is 0 Å². The molecular formula is C10H8N4. The Morgan fingerprint density at radius 3 is 3.29 bits per heavy atom. The number of nitrogens with one attached hydrogen (secondary N) is 1. The van der Waals surface area contributed by atoms with Crippen molar-refractivity contribution < 1.29 is 0 Å². The van der Waals surface area contributed by atoms with Gasteiger partial charge in [0.25, 0.3) is 0 Å². The van der Waals surface area contributed by atoms with Crippen LogP contribution in [0, 0.1) is 0 Å². The number of nitrogens with zero attached hydrogens (tertiary/aromatic N) is 3. The molecule has 1 aliphatic rings. The number of pyridine rings is 1. The molecule has 2 aromatic rings. The molecule has 2 aromatic heterocycles. The Kier molecular flexibility index (Phi) is 1.41. The van der Waals surface area contributed by atoms with E-state index in [0.29, 0.717) is 0 Å². The van der Waals surface area contributed by atoms with Crippen LogP contribution in [0.5, 0.6) is 0 Å². The first kappa shape index (κ1) is 7.32. The molecular weight excluding hydrogens is 176 g/mol.